The molecule has 9 nitrogen and oxygen atoms in total. The molecule has 0 saturated carbocycles. The van der Waals surface area contributed by atoms with E-state index in [0.29, 0.717) is 38.6 Å². The maximum absolute atomic E-state index is 13.5. The van der Waals surface area contributed by atoms with E-state index in [4.69, 9.17) is 25.8 Å². The molecule has 2 amide bonds. The van der Waals surface area contributed by atoms with Crippen molar-refractivity contribution in [2.75, 3.05) is 18.7 Å². The first-order chi connectivity index (χ1) is 18.9. The molecule has 200 valence electrons. The summed E-state index contributed by atoms with van der Waals surface area (Å²) < 4.78 is 15.9. The highest BCUT2D eigenvalue weighted by Crippen LogP contribution is 2.36. The SMILES string of the molecule is CCOC(=O)c1ccc(N=C2S[C@@H](CC(=O)Nc3cccc(Cl)c3)C(=O)N2Cc2ccc3c(c2)OCO3)cc1. The third-order valence-electron chi connectivity index (χ3n) is 5.88. The van der Waals surface area contributed by atoms with Crippen LogP contribution >= 0.6 is 23.4 Å². The van der Waals surface area contributed by atoms with Crippen LogP contribution in [-0.4, -0.2) is 46.5 Å². The zero-order valence-corrected chi connectivity index (χ0v) is 22.5. The number of amides is 2. The van der Waals surface area contributed by atoms with Gasteiger partial charge in [-0.1, -0.05) is 35.5 Å². The summed E-state index contributed by atoms with van der Waals surface area (Å²) in [5.74, 6) is 0.286. The van der Waals surface area contributed by atoms with Gasteiger partial charge in [-0.05, 0) is 67.1 Å². The summed E-state index contributed by atoms with van der Waals surface area (Å²) in [4.78, 5) is 44.5. The molecule has 3 aromatic carbocycles. The van der Waals surface area contributed by atoms with Crippen molar-refractivity contribution in [3.05, 3.63) is 82.9 Å². The van der Waals surface area contributed by atoms with Crippen LogP contribution in [0.4, 0.5) is 11.4 Å². The van der Waals surface area contributed by atoms with Crippen LogP contribution in [0.15, 0.2) is 71.7 Å². The van der Waals surface area contributed by atoms with Crippen molar-refractivity contribution in [2.24, 2.45) is 4.99 Å². The third-order valence-corrected chi connectivity index (χ3v) is 7.29. The molecule has 2 aliphatic rings. The first kappa shape index (κ1) is 26.6. The van der Waals surface area contributed by atoms with Crippen LogP contribution < -0.4 is 14.8 Å². The minimum absolute atomic E-state index is 0.0472. The fourth-order valence-electron chi connectivity index (χ4n) is 4.04. The zero-order chi connectivity index (χ0) is 27.4. The normalized spacial score (nSPS) is 17.0. The Hall–Kier alpha value is -4.02. The molecule has 0 bridgehead atoms. The topological polar surface area (TPSA) is 107 Å². The van der Waals surface area contributed by atoms with E-state index >= 15 is 0 Å². The van der Waals surface area contributed by atoms with E-state index < -0.39 is 11.2 Å². The van der Waals surface area contributed by atoms with Crippen molar-refractivity contribution in [3.63, 3.8) is 0 Å². The number of carbonyl (C=O) groups is 3. The summed E-state index contributed by atoms with van der Waals surface area (Å²) >= 11 is 7.24. The van der Waals surface area contributed by atoms with Gasteiger partial charge in [0, 0.05) is 17.1 Å². The second kappa shape index (κ2) is 11.8. The van der Waals surface area contributed by atoms with E-state index in [0.717, 1.165) is 5.56 Å². The number of hydrogen-bond donors (Lipinski definition) is 1. The molecular formula is C28H24ClN3O6S. The molecule has 1 N–H and O–H groups in total. The Morgan fingerprint density at radius 2 is 1.90 bits per heavy atom. The summed E-state index contributed by atoms with van der Waals surface area (Å²) in [5, 5.41) is 3.07. The zero-order valence-electron chi connectivity index (χ0n) is 20.9. The number of nitrogens with zero attached hydrogens (tertiary/aromatic N) is 2. The molecule has 0 spiro atoms. The van der Waals surface area contributed by atoms with E-state index in [1.807, 2.05) is 12.1 Å². The number of anilines is 1. The highest BCUT2D eigenvalue weighted by atomic mass is 35.5. The number of benzene rings is 3. The minimum Gasteiger partial charge on any atom is -0.462 e. The smallest absolute Gasteiger partial charge is 0.338 e. The summed E-state index contributed by atoms with van der Waals surface area (Å²) in [5.41, 5.74) is 2.33. The average molecular weight is 566 g/mol. The van der Waals surface area contributed by atoms with Gasteiger partial charge in [0.25, 0.3) is 0 Å². The molecule has 39 heavy (non-hydrogen) atoms. The molecule has 1 fully saturated rings. The number of carbonyl (C=O) groups excluding carboxylic acids is 3. The van der Waals surface area contributed by atoms with Crippen molar-refractivity contribution >= 4 is 57.7 Å². The largest absolute Gasteiger partial charge is 0.462 e. The van der Waals surface area contributed by atoms with Crippen LogP contribution in [0.2, 0.25) is 5.02 Å². The first-order valence-electron chi connectivity index (χ1n) is 12.2. The number of rotatable bonds is 8. The molecule has 2 heterocycles. The summed E-state index contributed by atoms with van der Waals surface area (Å²) in [6, 6.07) is 18.9. The number of esters is 1. The average Bonchev–Trinajstić information content (AvgIpc) is 3.49. The Labute approximate surface area is 234 Å². The Balaban J connectivity index is 1.37. The van der Waals surface area contributed by atoms with E-state index in [2.05, 4.69) is 10.3 Å². The Morgan fingerprint density at radius 3 is 2.67 bits per heavy atom. The van der Waals surface area contributed by atoms with Gasteiger partial charge in [-0.15, -0.1) is 0 Å². The summed E-state index contributed by atoms with van der Waals surface area (Å²) in [6.07, 6.45) is -0.0472. The number of nitrogens with one attached hydrogen (secondary N) is 1. The monoisotopic (exact) mass is 565 g/mol. The number of ether oxygens (including phenoxy) is 3. The van der Waals surface area contributed by atoms with Gasteiger partial charge >= 0.3 is 5.97 Å². The van der Waals surface area contributed by atoms with Gasteiger partial charge in [-0.3, -0.25) is 14.5 Å². The third kappa shape index (κ3) is 6.35. The van der Waals surface area contributed by atoms with Crippen LogP contribution in [0.3, 0.4) is 0 Å². The molecule has 0 unspecified atom stereocenters. The van der Waals surface area contributed by atoms with E-state index in [1.165, 1.54) is 11.8 Å². The van der Waals surface area contributed by atoms with Gasteiger partial charge in [0.2, 0.25) is 18.6 Å². The van der Waals surface area contributed by atoms with E-state index in [9.17, 15) is 14.4 Å². The fraction of sp³-hybridized carbons (Fsp3) is 0.214. The minimum atomic E-state index is -0.671. The van der Waals surface area contributed by atoms with Gasteiger partial charge in [0.15, 0.2) is 16.7 Å². The van der Waals surface area contributed by atoms with Crippen molar-refractivity contribution in [1.29, 1.82) is 0 Å². The molecule has 3 aromatic rings. The lowest BCUT2D eigenvalue weighted by Gasteiger charge is -2.17. The summed E-state index contributed by atoms with van der Waals surface area (Å²) in [6.45, 7) is 2.40. The lowest BCUT2D eigenvalue weighted by molar-refractivity contribution is -0.128. The maximum atomic E-state index is 13.5. The quantitative estimate of drug-likeness (QED) is 0.364. The second-order valence-corrected chi connectivity index (χ2v) is 10.2. The van der Waals surface area contributed by atoms with Gasteiger partial charge in [-0.25, -0.2) is 9.79 Å². The Kier molecular flexibility index (Phi) is 8.04. The van der Waals surface area contributed by atoms with Gasteiger partial charge in [0.05, 0.1) is 24.4 Å². The first-order valence-corrected chi connectivity index (χ1v) is 13.4. The second-order valence-electron chi connectivity index (χ2n) is 8.64. The fourth-order valence-corrected chi connectivity index (χ4v) is 5.38. The van der Waals surface area contributed by atoms with Gasteiger partial charge < -0.3 is 19.5 Å². The van der Waals surface area contributed by atoms with Crippen LogP contribution in [0.1, 0.15) is 29.3 Å². The number of fused-ring (bicyclic) bond motifs is 1. The molecule has 0 aliphatic carbocycles. The maximum Gasteiger partial charge on any atom is 0.338 e. The molecule has 2 aliphatic heterocycles. The Morgan fingerprint density at radius 1 is 1.10 bits per heavy atom. The number of aliphatic imine (C=N–C) groups is 1. The molecule has 0 radical (unpaired) electrons. The predicted molar refractivity (Wildman–Crippen MR) is 149 cm³/mol. The van der Waals surface area contributed by atoms with E-state index in [1.54, 1.807) is 66.4 Å². The van der Waals surface area contributed by atoms with Crippen LogP contribution in [-0.2, 0) is 20.9 Å². The number of hydrogen-bond acceptors (Lipinski definition) is 8. The highest BCUT2D eigenvalue weighted by molar-refractivity contribution is 8.15. The van der Waals surface area contributed by atoms with Crippen molar-refractivity contribution < 1.29 is 28.6 Å². The van der Waals surface area contributed by atoms with Crippen LogP contribution in [0, 0.1) is 0 Å². The molecular weight excluding hydrogens is 542 g/mol. The molecule has 5 rings (SSSR count). The molecule has 1 saturated heterocycles. The van der Waals surface area contributed by atoms with Crippen LogP contribution in [0.5, 0.6) is 11.5 Å². The lowest BCUT2D eigenvalue weighted by Crippen LogP contribution is -2.33. The number of halogens is 1. The lowest BCUT2D eigenvalue weighted by atomic mass is 10.1. The molecule has 1 atom stereocenters. The van der Waals surface area contributed by atoms with E-state index in [-0.39, 0.29) is 38.2 Å². The van der Waals surface area contributed by atoms with Gasteiger partial charge in [-0.2, -0.15) is 0 Å². The van der Waals surface area contributed by atoms with Gasteiger partial charge in [0.1, 0.15) is 5.25 Å². The molecule has 0 aromatic heterocycles. The number of amidine groups is 1. The van der Waals surface area contributed by atoms with Crippen molar-refractivity contribution in [3.8, 4) is 11.5 Å². The standard InChI is InChI=1S/C28H24ClN3O6S/c1-2-36-27(35)18-7-9-20(10-8-18)31-28-32(15-17-6-11-22-23(12-17)38-16-37-22)26(34)24(39-28)14-25(33)30-21-5-3-4-19(29)13-21/h3-13,24H,2,14-16H2,1H3,(H,30,33)/t24-/m0/s1. The number of thioether (sulfide) groups is 1. The highest BCUT2D eigenvalue weighted by Gasteiger charge is 2.39. The molecule has 11 heteroatoms. The Bertz CT molecular complexity index is 1450. The van der Waals surface area contributed by atoms with Crippen molar-refractivity contribution in [1.82, 2.24) is 4.90 Å². The van der Waals surface area contributed by atoms with Crippen molar-refractivity contribution in [2.45, 2.75) is 25.1 Å². The summed E-state index contributed by atoms with van der Waals surface area (Å²) in [7, 11) is 0. The van der Waals surface area contributed by atoms with Crippen LogP contribution in [0.25, 0.3) is 0 Å². The predicted octanol–water partition coefficient (Wildman–Crippen LogP) is 5.41.